The van der Waals surface area contributed by atoms with Crippen LogP contribution in [0.1, 0.15) is 46.5 Å². The predicted molar refractivity (Wildman–Crippen MR) is 104 cm³/mol. The van der Waals surface area contributed by atoms with Crippen molar-refractivity contribution < 1.29 is 18.0 Å². The van der Waals surface area contributed by atoms with Gasteiger partial charge in [0.15, 0.2) is 9.84 Å². The molecule has 2 heterocycles. The highest BCUT2D eigenvalue weighted by Gasteiger charge is 2.56. The Morgan fingerprint density at radius 3 is 2.44 bits per heavy atom. The van der Waals surface area contributed by atoms with Crippen LogP contribution in [-0.4, -0.2) is 67.9 Å². The Labute approximate surface area is 162 Å². The maximum atomic E-state index is 12.7. The summed E-state index contributed by atoms with van der Waals surface area (Å²) < 4.78 is 24.7. The Morgan fingerprint density at radius 1 is 1.19 bits per heavy atom. The highest BCUT2D eigenvalue weighted by atomic mass is 32.2. The van der Waals surface area contributed by atoms with Gasteiger partial charge in [-0.2, -0.15) is 0 Å². The number of hydrogen-bond acceptors (Lipinski definition) is 5. The van der Waals surface area contributed by atoms with E-state index < -0.39 is 14.6 Å². The van der Waals surface area contributed by atoms with E-state index in [2.05, 4.69) is 24.5 Å². The van der Waals surface area contributed by atoms with Crippen molar-refractivity contribution in [2.45, 2.75) is 57.2 Å². The van der Waals surface area contributed by atoms with Crippen LogP contribution in [0.3, 0.4) is 0 Å². The van der Waals surface area contributed by atoms with Gasteiger partial charge in [0.05, 0.1) is 16.4 Å². The van der Waals surface area contributed by atoms with Gasteiger partial charge in [-0.3, -0.25) is 9.59 Å². The Kier molecular flexibility index (Phi) is 5.87. The lowest BCUT2D eigenvalue weighted by molar-refractivity contribution is -0.141. The highest BCUT2D eigenvalue weighted by Crippen LogP contribution is 2.49. The quantitative estimate of drug-likeness (QED) is 0.680. The molecule has 1 saturated carbocycles. The van der Waals surface area contributed by atoms with Gasteiger partial charge < -0.3 is 15.5 Å². The first kappa shape index (κ1) is 20.6. The second-order valence-corrected chi connectivity index (χ2v) is 11.7. The van der Waals surface area contributed by atoms with Crippen LogP contribution in [0, 0.1) is 17.8 Å². The molecule has 1 aliphatic carbocycles. The molecule has 0 aromatic carbocycles. The van der Waals surface area contributed by atoms with Crippen LogP contribution >= 0.6 is 0 Å². The summed E-state index contributed by atoms with van der Waals surface area (Å²) in [7, 11) is -3.09. The molecule has 2 saturated heterocycles. The third-order valence-electron chi connectivity index (χ3n) is 6.36. The number of rotatable bonds is 6. The second kappa shape index (κ2) is 7.70. The molecule has 3 rings (SSSR count). The van der Waals surface area contributed by atoms with Gasteiger partial charge in [0.1, 0.15) is 0 Å². The van der Waals surface area contributed by atoms with Crippen LogP contribution in [0.15, 0.2) is 0 Å². The van der Waals surface area contributed by atoms with Crippen LogP contribution in [-0.2, 0) is 19.4 Å². The molecular weight excluding hydrogens is 366 g/mol. The molecule has 7 nitrogen and oxygen atoms in total. The summed E-state index contributed by atoms with van der Waals surface area (Å²) in [4.78, 5) is 25.3. The van der Waals surface area contributed by atoms with E-state index in [1.165, 1.54) is 6.92 Å². The van der Waals surface area contributed by atoms with E-state index in [9.17, 15) is 18.0 Å². The van der Waals surface area contributed by atoms with Crippen molar-refractivity contribution in [2.75, 3.05) is 31.9 Å². The second-order valence-electron chi connectivity index (χ2n) is 9.15. The van der Waals surface area contributed by atoms with Crippen molar-refractivity contribution in [1.82, 2.24) is 15.5 Å². The smallest absolute Gasteiger partial charge is 0.226 e. The Hall–Kier alpha value is -1.15. The van der Waals surface area contributed by atoms with E-state index in [4.69, 9.17) is 0 Å². The molecule has 0 bridgehead atoms. The standard InChI is InChI=1S/C19H33N3O4S/c1-13(2)9-20-10-15-6-19(7-15)8-17(4-5-27(19,25)26)21-18(24)16-11-22(12-16)14(3)23/h13,15-17,20H,4-12H2,1-3H3,(H,21,24). The zero-order valence-corrected chi connectivity index (χ0v) is 17.5. The summed E-state index contributed by atoms with van der Waals surface area (Å²) in [5, 5.41) is 6.48. The van der Waals surface area contributed by atoms with Gasteiger partial charge in [0.2, 0.25) is 11.8 Å². The Balaban J connectivity index is 1.49. The van der Waals surface area contributed by atoms with Crippen molar-refractivity contribution >= 4 is 21.7 Å². The lowest BCUT2D eigenvalue weighted by Crippen LogP contribution is -2.62. The molecule has 27 heavy (non-hydrogen) atoms. The first-order valence-corrected chi connectivity index (χ1v) is 11.8. The molecule has 0 radical (unpaired) electrons. The zero-order valence-electron chi connectivity index (χ0n) is 16.7. The number of carbonyl (C=O) groups is 2. The topological polar surface area (TPSA) is 95.6 Å². The fourth-order valence-electron chi connectivity index (χ4n) is 4.67. The minimum atomic E-state index is -3.09. The number of hydrogen-bond donors (Lipinski definition) is 2. The van der Waals surface area contributed by atoms with Crippen LogP contribution in [0.4, 0.5) is 0 Å². The van der Waals surface area contributed by atoms with Crippen molar-refractivity contribution in [3.8, 4) is 0 Å². The zero-order chi connectivity index (χ0) is 19.8. The molecule has 1 unspecified atom stereocenters. The molecular formula is C19H33N3O4S. The maximum absolute atomic E-state index is 12.7. The van der Waals surface area contributed by atoms with Gasteiger partial charge in [0.25, 0.3) is 0 Å². The fourth-order valence-corrected chi connectivity index (χ4v) is 7.13. The van der Waals surface area contributed by atoms with Gasteiger partial charge in [-0.15, -0.1) is 0 Å². The van der Waals surface area contributed by atoms with Crippen LogP contribution in [0.2, 0.25) is 0 Å². The molecule has 3 aliphatic rings. The molecule has 0 aromatic rings. The molecule has 3 fully saturated rings. The highest BCUT2D eigenvalue weighted by molar-refractivity contribution is 7.92. The van der Waals surface area contributed by atoms with Gasteiger partial charge in [-0.05, 0) is 50.6 Å². The molecule has 154 valence electrons. The van der Waals surface area contributed by atoms with Crippen molar-refractivity contribution in [3.05, 3.63) is 0 Å². The van der Waals surface area contributed by atoms with E-state index in [0.717, 1.165) is 13.1 Å². The molecule has 8 heteroatoms. The monoisotopic (exact) mass is 399 g/mol. The summed E-state index contributed by atoms with van der Waals surface area (Å²) >= 11 is 0. The largest absolute Gasteiger partial charge is 0.353 e. The van der Waals surface area contributed by atoms with Crippen LogP contribution in [0.25, 0.3) is 0 Å². The predicted octanol–water partition coefficient (Wildman–Crippen LogP) is 0.553. The molecule has 2 aliphatic heterocycles. The summed E-state index contributed by atoms with van der Waals surface area (Å²) in [5.74, 6) is 0.952. The molecule has 1 spiro atoms. The molecule has 2 amide bonds. The number of nitrogens with one attached hydrogen (secondary N) is 2. The number of carbonyl (C=O) groups excluding carboxylic acids is 2. The van der Waals surface area contributed by atoms with E-state index >= 15 is 0 Å². The summed E-state index contributed by atoms with van der Waals surface area (Å²) in [6.07, 6.45) is 2.43. The number of nitrogens with zero attached hydrogens (tertiary/aromatic N) is 1. The normalized spacial score (nSPS) is 32.8. The van der Waals surface area contributed by atoms with Crippen molar-refractivity contribution in [1.29, 1.82) is 0 Å². The summed E-state index contributed by atoms with van der Waals surface area (Å²) in [6, 6.07) is -0.0722. The average molecular weight is 400 g/mol. The average Bonchev–Trinajstić information content (AvgIpc) is 2.46. The number of amides is 2. The number of likely N-dealkylation sites (tertiary alicyclic amines) is 1. The van der Waals surface area contributed by atoms with Crippen molar-refractivity contribution in [3.63, 3.8) is 0 Å². The van der Waals surface area contributed by atoms with E-state index in [1.807, 2.05) is 0 Å². The fraction of sp³-hybridized carbons (Fsp3) is 0.895. The van der Waals surface area contributed by atoms with Crippen molar-refractivity contribution in [2.24, 2.45) is 17.8 Å². The maximum Gasteiger partial charge on any atom is 0.226 e. The van der Waals surface area contributed by atoms with Gasteiger partial charge in [0, 0.05) is 26.1 Å². The van der Waals surface area contributed by atoms with Gasteiger partial charge in [-0.1, -0.05) is 13.8 Å². The Bertz CT molecular complexity index is 679. The molecule has 2 N–H and O–H groups in total. The lowest BCUT2D eigenvalue weighted by Gasteiger charge is -2.51. The lowest BCUT2D eigenvalue weighted by atomic mass is 9.70. The summed E-state index contributed by atoms with van der Waals surface area (Å²) in [6.45, 7) is 8.59. The molecule has 0 aromatic heterocycles. The van der Waals surface area contributed by atoms with Crippen LogP contribution < -0.4 is 10.6 Å². The SMILES string of the molecule is CC(=O)N1CC(C(=O)NC2CCS(=O)(=O)C3(CC(CNCC(C)C)C3)C2)C1. The van der Waals surface area contributed by atoms with E-state index in [0.29, 0.717) is 50.6 Å². The Morgan fingerprint density at radius 2 is 1.85 bits per heavy atom. The van der Waals surface area contributed by atoms with Gasteiger partial charge >= 0.3 is 0 Å². The third kappa shape index (κ3) is 4.31. The van der Waals surface area contributed by atoms with Gasteiger partial charge in [-0.25, -0.2) is 8.42 Å². The first-order valence-electron chi connectivity index (χ1n) is 10.1. The van der Waals surface area contributed by atoms with Crippen LogP contribution in [0.5, 0.6) is 0 Å². The first-order chi connectivity index (χ1) is 12.6. The molecule has 1 atom stereocenters. The minimum Gasteiger partial charge on any atom is -0.353 e. The summed E-state index contributed by atoms with van der Waals surface area (Å²) in [5.41, 5.74) is 0. The van der Waals surface area contributed by atoms with E-state index in [1.54, 1.807) is 4.90 Å². The number of sulfone groups is 1. The van der Waals surface area contributed by atoms with E-state index in [-0.39, 0.29) is 29.5 Å². The minimum absolute atomic E-state index is 0.00616. The third-order valence-corrected chi connectivity index (χ3v) is 8.96.